The summed E-state index contributed by atoms with van der Waals surface area (Å²) in [4.78, 5) is 11.4. The van der Waals surface area contributed by atoms with Gasteiger partial charge in [-0.3, -0.25) is 4.90 Å². The van der Waals surface area contributed by atoms with Gasteiger partial charge >= 0.3 is 0 Å². The lowest BCUT2D eigenvalue weighted by atomic mass is 9.99. The maximum atomic E-state index is 4.45. The van der Waals surface area contributed by atoms with Crippen molar-refractivity contribution in [2.45, 2.75) is 44.2 Å². The molecule has 3 aliphatic rings. The zero-order valence-corrected chi connectivity index (χ0v) is 9.47. The van der Waals surface area contributed by atoms with Gasteiger partial charge in [-0.15, -0.1) is 0 Å². The van der Waals surface area contributed by atoms with Crippen LogP contribution in [-0.2, 0) is 6.42 Å². The van der Waals surface area contributed by atoms with Crippen molar-refractivity contribution in [3.8, 4) is 0 Å². The lowest BCUT2D eigenvalue weighted by Gasteiger charge is -2.35. The van der Waals surface area contributed by atoms with Crippen molar-refractivity contribution in [2.75, 3.05) is 6.54 Å². The highest BCUT2D eigenvalue weighted by atomic mass is 15.2. The second-order valence-corrected chi connectivity index (χ2v) is 5.52. The SMILES string of the molecule is c1ncc2c(n1)CC1CCC2N1CC1CC1. The Balaban J connectivity index is 1.69. The minimum Gasteiger partial charge on any atom is -0.293 e. The van der Waals surface area contributed by atoms with E-state index in [0.29, 0.717) is 6.04 Å². The van der Waals surface area contributed by atoms with E-state index in [9.17, 15) is 0 Å². The molecule has 1 saturated carbocycles. The highest BCUT2D eigenvalue weighted by Gasteiger charge is 2.42. The summed E-state index contributed by atoms with van der Waals surface area (Å²) >= 11 is 0. The lowest BCUT2D eigenvalue weighted by molar-refractivity contribution is 0.167. The molecule has 1 saturated heterocycles. The smallest absolute Gasteiger partial charge is 0.115 e. The van der Waals surface area contributed by atoms with Crippen molar-refractivity contribution < 1.29 is 0 Å². The standard InChI is InChI=1S/C13H17N3/c1-2-9(1)7-16-10-3-4-13(16)11-6-14-8-15-12(11)5-10/h6,8-10,13H,1-5,7H2. The Kier molecular flexibility index (Phi) is 1.86. The van der Waals surface area contributed by atoms with Gasteiger partial charge in [-0.25, -0.2) is 9.97 Å². The number of hydrogen-bond acceptors (Lipinski definition) is 3. The van der Waals surface area contributed by atoms with Crippen LogP contribution in [0.4, 0.5) is 0 Å². The van der Waals surface area contributed by atoms with Crippen LogP contribution in [0, 0.1) is 5.92 Å². The van der Waals surface area contributed by atoms with Gasteiger partial charge in [0, 0.05) is 36.8 Å². The number of nitrogens with zero attached hydrogens (tertiary/aromatic N) is 3. The summed E-state index contributed by atoms with van der Waals surface area (Å²) in [6.07, 6.45) is 10.5. The number of rotatable bonds is 2. The molecule has 1 aromatic heterocycles. The summed E-state index contributed by atoms with van der Waals surface area (Å²) in [6, 6.07) is 1.41. The monoisotopic (exact) mass is 215 g/mol. The highest BCUT2D eigenvalue weighted by Crippen LogP contribution is 2.45. The summed E-state index contributed by atoms with van der Waals surface area (Å²) < 4.78 is 0. The summed E-state index contributed by atoms with van der Waals surface area (Å²) in [7, 11) is 0. The van der Waals surface area contributed by atoms with E-state index >= 15 is 0 Å². The van der Waals surface area contributed by atoms with Gasteiger partial charge in [-0.05, 0) is 31.6 Å². The van der Waals surface area contributed by atoms with Crippen LogP contribution >= 0.6 is 0 Å². The fourth-order valence-corrected chi connectivity index (χ4v) is 3.40. The van der Waals surface area contributed by atoms with Gasteiger partial charge in [0.05, 0.1) is 5.69 Å². The molecule has 3 heteroatoms. The number of fused-ring (bicyclic) bond motifs is 4. The minimum atomic E-state index is 0.635. The Bertz CT molecular complexity index is 413. The first-order valence-corrected chi connectivity index (χ1v) is 6.46. The molecular weight excluding hydrogens is 198 g/mol. The molecule has 1 aliphatic carbocycles. The van der Waals surface area contributed by atoms with E-state index in [1.165, 1.54) is 43.5 Å². The predicted molar refractivity (Wildman–Crippen MR) is 60.9 cm³/mol. The third-order valence-corrected chi connectivity index (χ3v) is 4.42. The van der Waals surface area contributed by atoms with Crippen LogP contribution in [0.3, 0.4) is 0 Å². The third kappa shape index (κ3) is 1.31. The molecule has 2 aliphatic heterocycles. The fraction of sp³-hybridized carbons (Fsp3) is 0.692. The molecule has 84 valence electrons. The van der Waals surface area contributed by atoms with E-state index in [1.54, 1.807) is 6.33 Å². The molecule has 2 fully saturated rings. The van der Waals surface area contributed by atoms with Crippen LogP contribution < -0.4 is 0 Å². The Morgan fingerprint density at radius 3 is 3.06 bits per heavy atom. The Hall–Kier alpha value is -0.960. The van der Waals surface area contributed by atoms with Gasteiger partial charge in [0.1, 0.15) is 6.33 Å². The summed E-state index contributed by atoms with van der Waals surface area (Å²) in [6.45, 7) is 1.32. The van der Waals surface area contributed by atoms with Crippen molar-refractivity contribution in [2.24, 2.45) is 5.92 Å². The minimum absolute atomic E-state index is 0.635. The molecule has 2 unspecified atom stereocenters. The van der Waals surface area contributed by atoms with Crippen LogP contribution in [0.25, 0.3) is 0 Å². The molecule has 0 amide bonds. The molecule has 4 rings (SSSR count). The van der Waals surface area contributed by atoms with Crippen molar-refractivity contribution in [3.63, 3.8) is 0 Å². The van der Waals surface area contributed by atoms with E-state index in [-0.39, 0.29) is 0 Å². The normalized spacial score (nSPS) is 32.8. The van der Waals surface area contributed by atoms with Gasteiger partial charge in [0.2, 0.25) is 0 Å². The summed E-state index contributed by atoms with van der Waals surface area (Å²) in [5, 5.41) is 0. The van der Waals surface area contributed by atoms with Crippen LogP contribution in [0.5, 0.6) is 0 Å². The van der Waals surface area contributed by atoms with E-state index in [0.717, 1.165) is 18.4 Å². The van der Waals surface area contributed by atoms with E-state index < -0.39 is 0 Å². The van der Waals surface area contributed by atoms with Crippen LogP contribution in [-0.4, -0.2) is 27.5 Å². The van der Waals surface area contributed by atoms with Crippen molar-refractivity contribution in [1.29, 1.82) is 0 Å². The Morgan fingerprint density at radius 1 is 1.25 bits per heavy atom. The average Bonchev–Trinajstić information content (AvgIpc) is 3.06. The largest absolute Gasteiger partial charge is 0.293 e. The predicted octanol–water partition coefficient (Wildman–Crippen LogP) is 1.95. The molecule has 0 spiro atoms. The molecule has 3 heterocycles. The molecule has 16 heavy (non-hydrogen) atoms. The molecule has 2 bridgehead atoms. The first kappa shape index (κ1) is 9.11. The second-order valence-electron chi connectivity index (χ2n) is 5.52. The van der Waals surface area contributed by atoms with E-state index in [4.69, 9.17) is 0 Å². The van der Waals surface area contributed by atoms with Crippen LogP contribution in [0.15, 0.2) is 12.5 Å². The van der Waals surface area contributed by atoms with E-state index in [2.05, 4.69) is 21.1 Å². The van der Waals surface area contributed by atoms with Crippen LogP contribution in [0.2, 0.25) is 0 Å². The topological polar surface area (TPSA) is 29.0 Å². The molecule has 3 nitrogen and oxygen atoms in total. The first-order valence-electron chi connectivity index (χ1n) is 6.46. The molecular formula is C13H17N3. The molecule has 2 atom stereocenters. The van der Waals surface area contributed by atoms with Gasteiger partial charge in [0.25, 0.3) is 0 Å². The van der Waals surface area contributed by atoms with Gasteiger partial charge in [-0.2, -0.15) is 0 Å². The number of aromatic nitrogens is 2. The number of hydrogen-bond donors (Lipinski definition) is 0. The fourth-order valence-electron chi connectivity index (χ4n) is 3.40. The van der Waals surface area contributed by atoms with E-state index in [1.807, 2.05) is 0 Å². The average molecular weight is 215 g/mol. The van der Waals surface area contributed by atoms with Gasteiger partial charge < -0.3 is 0 Å². The second kappa shape index (κ2) is 3.27. The van der Waals surface area contributed by atoms with Gasteiger partial charge in [0.15, 0.2) is 0 Å². The quantitative estimate of drug-likeness (QED) is 0.755. The molecule has 0 N–H and O–H groups in total. The van der Waals surface area contributed by atoms with Crippen molar-refractivity contribution in [3.05, 3.63) is 23.8 Å². The molecule has 1 aromatic rings. The Labute approximate surface area is 95.9 Å². The summed E-state index contributed by atoms with van der Waals surface area (Å²) in [5.74, 6) is 0.995. The highest BCUT2D eigenvalue weighted by molar-refractivity contribution is 5.27. The zero-order chi connectivity index (χ0) is 10.5. The van der Waals surface area contributed by atoms with Gasteiger partial charge in [-0.1, -0.05) is 0 Å². The maximum absolute atomic E-state index is 4.45. The molecule has 0 aromatic carbocycles. The zero-order valence-electron chi connectivity index (χ0n) is 9.47. The van der Waals surface area contributed by atoms with Crippen molar-refractivity contribution >= 4 is 0 Å². The maximum Gasteiger partial charge on any atom is 0.115 e. The Morgan fingerprint density at radius 2 is 2.19 bits per heavy atom. The summed E-state index contributed by atoms with van der Waals surface area (Å²) in [5.41, 5.74) is 2.73. The van der Waals surface area contributed by atoms with Crippen molar-refractivity contribution in [1.82, 2.24) is 14.9 Å². The first-order chi connectivity index (χ1) is 7.92. The lowest BCUT2D eigenvalue weighted by Crippen LogP contribution is -2.39. The molecule has 0 radical (unpaired) electrons. The van der Waals surface area contributed by atoms with Crippen LogP contribution in [0.1, 0.15) is 43.0 Å². The third-order valence-electron chi connectivity index (χ3n) is 4.42.